The average molecular weight is 460 g/mol. The molecular weight excluding hydrogens is 422 g/mol. The third kappa shape index (κ3) is 4.77. The number of ether oxygens (including phenoxy) is 1. The van der Waals surface area contributed by atoms with Crippen molar-refractivity contribution in [3.63, 3.8) is 0 Å². The van der Waals surface area contributed by atoms with Crippen LogP contribution in [0.25, 0.3) is 0 Å². The molecule has 3 unspecified atom stereocenters. The Bertz CT molecular complexity index is 985. The van der Waals surface area contributed by atoms with Crippen LogP contribution < -0.4 is 10.1 Å². The number of nitrogens with one attached hydrogen (secondary N) is 1. The van der Waals surface area contributed by atoms with Crippen molar-refractivity contribution in [3.05, 3.63) is 77.9 Å². The lowest BCUT2D eigenvalue weighted by Gasteiger charge is -2.45. The normalized spacial score (nSPS) is 24.1. The second kappa shape index (κ2) is 10.3. The highest BCUT2D eigenvalue weighted by Gasteiger charge is 2.44. The number of fused-ring (bicyclic) bond motifs is 2. The lowest BCUT2D eigenvalue weighted by molar-refractivity contribution is 0.0499. The molecule has 3 aliphatic rings. The fraction of sp³-hybridized carbons (Fsp3) is 0.483. The van der Waals surface area contributed by atoms with Crippen LogP contribution in [-0.2, 0) is 0 Å². The van der Waals surface area contributed by atoms with Crippen LogP contribution in [0.1, 0.15) is 66.1 Å². The fourth-order valence-corrected chi connectivity index (χ4v) is 6.28. The maximum atomic E-state index is 12.8. The summed E-state index contributed by atoms with van der Waals surface area (Å²) in [6.07, 6.45) is 9.10. The zero-order valence-electron chi connectivity index (χ0n) is 20.3. The number of hydrogen-bond donors (Lipinski definition) is 1. The molecule has 5 nitrogen and oxygen atoms in total. The molecule has 180 valence electrons. The Morgan fingerprint density at radius 1 is 1.06 bits per heavy atom. The van der Waals surface area contributed by atoms with Crippen molar-refractivity contribution in [2.45, 2.75) is 62.7 Å². The lowest BCUT2D eigenvalue weighted by Crippen LogP contribution is -2.54. The Balaban J connectivity index is 1.43. The average Bonchev–Trinajstić information content (AvgIpc) is 3.45. The second-order valence-corrected chi connectivity index (χ2v) is 10.1. The smallest absolute Gasteiger partial charge is 0.251 e. The molecule has 34 heavy (non-hydrogen) atoms. The number of amides is 1. The Labute approximate surface area is 203 Å². The van der Waals surface area contributed by atoms with Crippen LogP contribution in [-0.4, -0.2) is 60.6 Å². The van der Waals surface area contributed by atoms with Crippen molar-refractivity contribution < 1.29 is 9.53 Å². The topological polar surface area (TPSA) is 44.8 Å². The van der Waals surface area contributed by atoms with Gasteiger partial charge in [-0.25, -0.2) is 0 Å². The molecule has 2 aromatic carbocycles. The number of methoxy groups -OCH3 is 1. The minimum Gasteiger partial charge on any atom is -0.497 e. The Hall–Kier alpha value is -2.63. The zero-order chi connectivity index (χ0) is 23.5. The molecule has 2 aliphatic heterocycles. The first-order valence-electron chi connectivity index (χ1n) is 12.8. The van der Waals surface area contributed by atoms with Gasteiger partial charge in [0.15, 0.2) is 0 Å². The van der Waals surface area contributed by atoms with E-state index < -0.39 is 0 Å². The van der Waals surface area contributed by atoms with E-state index in [0.717, 1.165) is 43.8 Å². The van der Waals surface area contributed by atoms with Crippen LogP contribution in [0.3, 0.4) is 0 Å². The van der Waals surface area contributed by atoms with E-state index in [2.05, 4.69) is 52.0 Å². The first kappa shape index (κ1) is 23.1. The largest absolute Gasteiger partial charge is 0.497 e. The molecular formula is C29H37N3O2. The summed E-state index contributed by atoms with van der Waals surface area (Å²) in [5.41, 5.74) is 3.23. The highest BCUT2D eigenvalue weighted by atomic mass is 16.5. The molecule has 0 aromatic heterocycles. The number of carbonyl (C=O) groups excluding carboxylic acids is 1. The Morgan fingerprint density at radius 2 is 1.76 bits per heavy atom. The van der Waals surface area contributed by atoms with Crippen LogP contribution in [0.5, 0.6) is 5.75 Å². The van der Waals surface area contributed by atoms with Crippen LogP contribution >= 0.6 is 0 Å². The highest BCUT2D eigenvalue weighted by Crippen LogP contribution is 2.41. The first-order valence-corrected chi connectivity index (χ1v) is 12.8. The number of carbonyl (C=O) groups is 1. The summed E-state index contributed by atoms with van der Waals surface area (Å²) in [4.78, 5) is 18.1. The molecule has 2 bridgehead atoms. The van der Waals surface area contributed by atoms with Crippen molar-refractivity contribution in [3.8, 4) is 5.75 Å². The second-order valence-electron chi connectivity index (χ2n) is 10.1. The van der Waals surface area contributed by atoms with Gasteiger partial charge in [0.25, 0.3) is 5.91 Å². The van der Waals surface area contributed by atoms with Gasteiger partial charge >= 0.3 is 0 Å². The van der Waals surface area contributed by atoms with Crippen LogP contribution in [0.2, 0.25) is 0 Å². The standard InChI is InChI=1S/C29H37N3O2/c1-3-17-31-19-25-15-16-26(20-31)32(25)28(23-7-6-10-27(18-23)34-2)21-11-13-22(14-12-21)29(33)30-24-8-4-5-9-24/h3,6-7,10-14,18,24-26,28H,1,4-5,8-9,15-17,19-20H2,2H3,(H,30,33). The Kier molecular flexibility index (Phi) is 7.02. The fourth-order valence-electron chi connectivity index (χ4n) is 6.28. The third-order valence-electron chi connectivity index (χ3n) is 7.89. The van der Waals surface area contributed by atoms with Crippen LogP contribution in [0.15, 0.2) is 61.2 Å². The van der Waals surface area contributed by atoms with E-state index in [0.29, 0.717) is 18.1 Å². The lowest BCUT2D eigenvalue weighted by atomic mass is 9.93. The van der Waals surface area contributed by atoms with Gasteiger partial charge in [-0.3, -0.25) is 14.6 Å². The number of hydrogen-bond acceptors (Lipinski definition) is 4. The number of likely N-dealkylation sites (tertiary alicyclic amines) is 1. The molecule has 0 radical (unpaired) electrons. The molecule has 1 aliphatic carbocycles. The van der Waals surface area contributed by atoms with Gasteiger partial charge in [-0.05, 0) is 61.1 Å². The van der Waals surface area contributed by atoms with Gasteiger partial charge in [0.1, 0.15) is 5.75 Å². The van der Waals surface area contributed by atoms with E-state index in [1.54, 1.807) is 7.11 Å². The van der Waals surface area contributed by atoms with Gasteiger partial charge in [-0.1, -0.05) is 43.2 Å². The van der Waals surface area contributed by atoms with Gasteiger partial charge in [-0.15, -0.1) is 6.58 Å². The van der Waals surface area contributed by atoms with Crippen LogP contribution in [0, 0.1) is 0 Å². The summed E-state index contributed by atoms with van der Waals surface area (Å²) in [5, 5.41) is 3.22. The van der Waals surface area contributed by atoms with Crippen LogP contribution in [0.4, 0.5) is 0 Å². The highest BCUT2D eigenvalue weighted by molar-refractivity contribution is 5.94. The zero-order valence-corrected chi connectivity index (χ0v) is 20.3. The van der Waals surface area contributed by atoms with E-state index in [4.69, 9.17) is 4.74 Å². The van der Waals surface area contributed by atoms with Gasteiger partial charge in [0.2, 0.25) is 0 Å². The minimum atomic E-state index is 0.0505. The van der Waals surface area contributed by atoms with Crippen molar-refractivity contribution in [1.29, 1.82) is 0 Å². The van der Waals surface area contributed by atoms with Gasteiger partial charge in [0, 0.05) is 43.3 Å². The first-order chi connectivity index (χ1) is 16.7. The molecule has 5 heteroatoms. The van der Waals surface area contributed by atoms with Crippen molar-refractivity contribution in [2.24, 2.45) is 0 Å². The maximum Gasteiger partial charge on any atom is 0.251 e. The summed E-state index contributed by atoms with van der Waals surface area (Å²) >= 11 is 0. The van der Waals surface area contributed by atoms with Gasteiger partial charge < -0.3 is 10.1 Å². The molecule has 2 heterocycles. The summed E-state index contributed by atoms with van der Waals surface area (Å²) in [6.45, 7) is 7.05. The predicted molar refractivity (Wildman–Crippen MR) is 136 cm³/mol. The number of rotatable bonds is 8. The number of benzene rings is 2. The van der Waals surface area contributed by atoms with E-state index in [1.807, 2.05) is 24.3 Å². The van der Waals surface area contributed by atoms with Gasteiger partial charge in [-0.2, -0.15) is 0 Å². The summed E-state index contributed by atoms with van der Waals surface area (Å²) in [5.74, 6) is 0.933. The van der Waals surface area contributed by atoms with E-state index in [9.17, 15) is 4.79 Å². The monoisotopic (exact) mass is 459 g/mol. The Morgan fingerprint density at radius 3 is 2.41 bits per heavy atom. The number of nitrogens with zero attached hydrogens (tertiary/aromatic N) is 2. The third-order valence-corrected chi connectivity index (χ3v) is 7.89. The van der Waals surface area contributed by atoms with E-state index in [-0.39, 0.29) is 11.9 Å². The molecule has 0 spiro atoms. The number of piperazine rings is 1. The molecule has 1 saturated carbocycles. The van der Waals surface area contributed by atoms with Crippen molar-refractivity contribution >= 4 is 5.91 Å². The summed E-state index contributed by atoms with van der Waals surface area (Å²) in [6, 6.07) is 18.3. The summed E-state index contributed by atoms with van der Waals surface area (Å²) in [7, 11) is 1.73. The summed E-state index contributed by atoms with van der Waals surface area (Å²) < 4.78 is 5.57. The SMILES string of the molecule is C=CCN1CC2CCC(C1)N2C(c1ccc(C(=O)NC2CCCC2)cc1)c1cccc(OC)c1. The quantitative estimate of drug-likeness (QED) is 0.577. The molecule has 5 rings (SSSR count). The minimum absolute atomic E-state index is 0.0505. The van der Waals surface area contributed by atoms with Crippen molar-refractivity contribution in [2.75, 3.05) is 26.7 Å². The van der Waals surface area contributed by atoms with Crippen molar-refractivity contribution in [1.82, 2.24) is 15.1 Å². The van der Waals surface area contributed by atoms with Gasteiger partial charge in [0.05, 0.1) is 13.2 Å². The molecule has 3 atom stereocenters. The maximum absolute atomic E-state index is 12.8. The van der Waals surface area contributed by atoms with E-state index in [1.165, 1.54) is 36.8 Å². The predicted octanol–water partition coefficient (Wildman–Crippen LogP) is 4.79. The molecule has 2 saturated heterocycles. The molecule has 1 N–H and O–H groups in total. The molecule has 2 aromatic rings. The molecule has 3 fully saturated rings. The van der Waals surface area contributed by atoms with E-state index >= 15 is 0 Å². The molecule has 1 amide bonds.